The first kappa shape index (κ1) is 21.9. The first-order chi connectivity index (χ1) is 14.9. The number of benzene rings is 2. The molecule has 1 aliphatic heterocycles. The van der Waals surface area contributed by atoms with E-state index in [0.717, 1.165) is 0 Å². The monoisotopic (exact) mass is 435 g/mol. The maximum atomic E-state index is 12.5. The van der Waals surface area contributed by atoms with Crippen molar-refractivity contribution in [1.29, 1.82) is 0 Å². The molecule has 0 bridgehead atoms. The van der Waals surface area contributed by atoms with Crippen LogP contribution < -0.4 is 23.7 Å². The zero-order valence-corrected chi connectivity index (χ0v) is 17.1. The van der Waals surface area contributed by atoms with Gasteiger partial charge < -0.3 is 28.4 Å². The summed E-state index contributed by atoms with van der Waals surface area (Å²) >= 11 is 0. The molecule has 0 amide bonds. The zero-order valence-electron chi connectivity index (χ0n) is 17.1. The lowest BCUT2D eigenvalue weighted by Crippen LogP contribution is -2.07. The minimum Gasteiger partial charge on any atom is -0.493 e. The largest absolute Gasteiger partial charge is 0.493 e. The number of halogens is 2. The van der Waals surface area contributed by atoms with Crippen LogP contribution in [-0.4, -0.2) is 46.9 Å². The number of esters is 1. The van der Waals surface area contributed by atoms with Crippen molar-refractivity contribution in [2.24, 2.45) is 4.99 Å². The van der Waals surface area contributed by atoms with Crippen molar-refractivity contribution >= 4 is 17.9 Å². The number of hydrogen-bond acceptors (Lipinski definition) is 8. The molecule has 0 saturated heterocycles. The minimum atomic E-state index is -2.99. The van der Waals surface area contributed by atoms with Gasteiger partial charge in [0.1, 0.15) is 0 Å². The maximum absolute atomic E-state index is 12.5. The second-order valence-electron chi connectivity index (χ2n) is 6.04. The number of alkyl halides is 2. The quantitative estimate of drug-likeness (QED) is 0.462. The van der Waals surface area contributed by atoms with E-state index in [9.17, 15) is 13.6 Å². The van der Waals surface area contributed by atoms with Crippen molar-refractivity contribution in [2.75, 3.05) is 28.4 Å². The fourth-order valence-corrected chi connectivity index (χ4v) is 2.86. The predicted molar refractivity (Wildman–Crippen MR) is 106 cm³/mol. The third kappa shape index (κ3) is 4.68. The van der Waals surface area contributed by atoms with Gasteiger partial charge in [-0.15, -0.1) is 0 Å². The SMILES string of the molecule is COc1cc(C=C2N=C(c3cc(OC)c(OC)c(OC)c3)OC2=O)ccc1OC(F)F. The van der Waals surface area contributed by atoms with Crippen molar-refractivity contribution in [3.8, 4) is 28.7 Å². The average molecular weight is 435 g/mol. The molecule has 0 aliphatic carbocycles. The standard InChI is InChI=1S/C21H19F2NO7/c1-26-15-8-11(5-6-14(15)30-21(22)23)7-13-20(25)31-19(24-13)12-9-16(27-2)18(29-4)17(10-12)28-3/h5-10,21H,1-4H3. The van der Waals surface area contributed by atoms with Crippen LogP contribution in [0, 0.1) is 0 Å². The van der Waals surface area contributed by atoms with Crippen LogP contribution in [0.5, 0.6) is 28.7 Å². The van der Waals surface area contributed by atoms with Crippen LogP contribution in [0.15, 0.2) is 41.0 Å². The molecule has 31 heavy (non-hydrogen) atoms. The van der Waals surface area contributed by atoms with Crippen LogP contribution in [0.25, 0.3) is 6.08 Å². The Morgan fingerprint density at radius 3 is 2.10 bits per heavy atom. The normalized spacial score (nSPS) is 14.4. The number of nitrogens with zero attached hydrogens (tertiary/aromatic N) is 1. The smallest absolute Gasteiger partial charge is 0.387 e. The van der Waals surface area contributed by atoms with E-state index in [0.29, 0.717) is 28.4 Å². The molecule has 1 heterocycles. The average Bonchev–Trinajstić information content (AvgIpc) is 3.13. The molecule has 0 spiro atoms. The van der Waals surface area contributed by atoms with Crippen LogP contribution >= 0.6 is 0 Å². The topological polar surface area (TPSA) is 84.8 Å². The van der Waals surface area contributed by atoms with Crippen molar-refractivity contribution in [1.82, 2.24) is 0 Å². The lowest BCUT2D eigenvalue weighted by atomic mass is 10.1. The Morgan fingerprint density at radius 2 is 1.55 bits per heavy atom. The molecule has 1 aliphatic rings. The maximum Gasteiger partial charge on any atom is 0.387 e. The van der Waals surface area contributed by atoms with E-state index in [2.05, 4.69) is 9.73 Å². The Kier molecular flexibility index (Phi) is 6.58. The fourth-order valence-electron chi connectivity index (χ4n) is 2.86. The summed E-state index contributed by atoms with van der Waals surface area (Å²) in [4.78, 5) is 16.5. The van der Waals surface area contributed by atoms with Gasteiger partial charge in [-0.05, 0) is 35.9 Å². The Morgan fingerprint density at radius 1 is 0.903 bits per heavy atom. The highest BCUT2D eigenvalue weighted by atomic mass is 19.3. The molecule has 0 aromatic heterocycles. The Labute approximate surface area is 176 Å². The predicted octanol–water partition coefficient (Wildman–Crippen LogP) is 3.67. The zero-order chi connectivity index (χ0) is 22.5. The minimum absolute atomic E-state index is 0.00772. The van der Waals surface area contributed by atoms with Crippen LogP contribution in [-0.2, 0) is 9.53 Å². The molecule has 0 N–H and O–H groups in total. The van der Waals surface area contributed by atoms with Gasteiger partial charge in [-0.3, -0.25) is 0 Å². The third-order valence-electron chi connectivity index (χ3n) is 4.24. The molecule has 164 valence electrons. The first-order valence-corrected chi connectivity index (χ1v) is 8.86. The molecule has 0 saturated carbocycles. The number of hydrogen-bond donors (Lipinski definition) is 0. The summed E-state index contributed by atoms with van der Waals surface area (Å²) in [6, 6.07) is 7.41. The van der Waals surface area contributed by atoms with E-state index in [1.165, 1.54) is 52.7 Å². The summed E-state index contributed by atoms with van der Waals surface area (Å²) in [6.07, 6.45) is 1.43. The van der Waals surface area contributed by atoms with Crippen LogP contribution in [0.2, 0.25) is 0 Å². The summed E-state index contributed by atoms with van der Waals surface area (Å²) in [7, 11) is 5.71. The molecule has 0 radical (unpaired) electrons. The third-order valence-corrected chi connectivity index (χ3v) is 4.24. The molecule has 0 unspecified atom stereocenters. The molecule has 0 fully saturated rings. The lowest BCUT2D eigenvalue weighted by molar-refractivity contribution is -0.129. The molecule has 2 aromatic carbocycles. The van der Waals surface area contributed by atoms with E-state index >= 15 is 0 Å². The van der Waals surface area contributed by atoms with Gasteiger partial charge in [-0.1, -0.05) is 6.07 Å². The van der Waals surface area contributed by atoms with Crippen LogP contribution in [0.3, 0.4) is 0 Å². The van der Waals surface area contributed by atoms with Crippen molar-refractivity contribution in [3.63, 3.8) is 0 Å². The number of carbonyl (C=O) groups is 1. The molecule has 0 atom stereocenters. The Hall–Kier alpha value is -3.82. The van der Waals surface area contributed by atoms with Gasteiger partial charge in [0.05, 0.1) is 28.4 Å². The van der Waals surface area contributed by atoms with Gasteiger partial charge in [-0.2, -0.15) is 8.78 Å². The van der Waals surface area contributed by atoms with Gasteiger partial charge >= 0.3 is 12.6 Å². The van der Waals surface area contributed by atoms with E-state index in [1.807, 2.05) is 0 Å². The van der Waals surface area contributed by atoms with E-state index in [1.54, 1.807) is 12.1 Å². The second-order valence-corrected chi connectivity index (χ2v) is 6.04. The van der Waals surface area contributed by atoms with E-state index in [4.69, 9.17) is 23.7 Å². The molecule has 8 nitrogen and oxygen atoms in total. The van der Waals surface area contributed by atoms with Crippen molar-refractivity contribution in [3.05, 3.63) is 47.2 Å². The number of carbonyl (C=O) groups excluding carboxylic acids is 1. The van der Waals surface area contributed by atoms with E-state index < -0.39 is 12.6 Å². The van der Waals surface area contributed by atoms with E-state index in [-0.39, 0.29) is 23.1 Å². The number of methoxy groups -OCH3 is 4. The van der Waals surface area contributed by atoms with Crippen molar-refractivity contribution < 1.29 is 42.0 Å². The highest BCUT2D eigenvalue weighted by molar-refractivity contribution is 6.13. The van der Waals surface area contributed by atoms with Crippen LogP contribution in [0.4, 0.5) is 8.78 Å². The van der Waals surface area contributed by atoms with Gasteiger partial charge in [0.15, 0.2) is 28.7 Å². The van der Waals surface area contributed by atoms with Crippen molar-refractivity contribution in [2.45, 2.75) is 6.61 Å². The highest BCUT2D eigenvalue weighted by Crippen LogP contribution is 2.39. The fraction of sp³-hybridized carbons (Fsp3) is 0.238. The number of cyclic esters (lactones) is 1. The molecule has 3 rings (SSSR count). The van der Waals surface area contributed by atoms with Crippen LogP contribution in [0.1, 0.15) is 11.1 Å². The summed E-state index contributed by atoms with van der Waals surface area (Å²) in [6.45, 7) is -2.99. The molecular formula is C21H19F2NO7. The number of rotatable bonds is 8. The highest BCUT2D eigenvalue weighted by Gasteiger charge is 2.26. The summed E-state index contributed by atoms with van der Waals surface area (Å²) in [5, 5.41) is 0. The Bertz CT molecular complexity index is 1030. The van der Waals surface area contributed by atoms with Gasteiger partial charge in [-0.25, -0.2) is 9.79 Å². The lowest BCUT2D eigenvalue weighted by Gasteiger charge is -2.13. The Balaban J connectivity index is 1.96. The summed E-state index contributed by atoms with van der Waals surface area (Å²) in [5.41, 5.74) is 0.915. The number of aliphatic imine (C=N–C) groups is 1. The van der Waals surface area contributed by atoms with Gasteiger partial charge in [0.25, 0.3) is 0 Å². The van der Waals surface area contributed by atoms with Gasteiger partial charge in [0.2, 0.25) is 11.6 Å². The first-order valence-electron chi connectivity index (χ1n) is 8.86. The summed E-state index contributed by atoms with van der Waals surface area (Å²) in [5.74, 6) is 0.424. The molecular weight excluding hydrogens is 416 g/mol. The van der Waals surface area contributed by atoms with Gasteiger partial charge in [0, 0.05) is 5.56 Å². The second kappa shape index (κ2) is 9.33. The summed E-state index contributed by atoms with van der Waals surface area (Å²) < 4.78 is 55.6. The molecule has 2 aromatic rings. The molecule has 10 heteroatoms. The number of ether oxygens (including phenoxy) is 6.